The fourth-order valence-corrected chi connectivity index (χ4v) is 1.60. The number of benzene rings is 1. The van der Waals surface area contributed by atoms with Crippen LogP contribution in [0.1, 0.15) is 31.4 Å². The van der Waals surface area contributed by atoms with Gasteiger partial charge in [0.05, 0.1) is 13.2 Å². The summed E-state index contributed by atoms with van der Waals surface area (Å²) in [5.74, 6) is 0.895. The molecule has 0 saturated heterocycles. The zero-order chi connectivity index (χ0) is 11.5. The van der Waals surface area contributed by atoms with Crippen LogP contribution in [0, 0.1) is 18.3 Å². The zero-order valence-electron chi connectivity index (χ0n) is 9.79. The molecule has 0 aliphatic carbocycles. The molecule has 1 aromatic carbocycles. The minimum atomic E-state index is -0.0915. The van der Waals surface area contributed by atoms with Gasteiger partial charge in [-0.2, -0.15) is 5.26 Å². The molecule has 0 aromatic heterocycles. The molecule has 0 amide bonds. The minimum Gasteiger partial charge on any atom is -0.496 e. The van der Waals surface area contributed by atoms with E-state index in [1.165, 1.54) is 5.56 Å². The quantitative estimate of drug-likeness (QED) is 0.755. The van der Waals surface area contributed by atoms with E-state index in [1.807, 2.05) is 19.1 Å². The normalized spacial score (nSPS) is 10.9. The molecule has 1 aromatic rings. The first-order valence-corrected chi connectivity index (χ1v) is 5.03. The first-order valence-electron chi connectivity index (χ1n) is 5.03. The number of ether oxygens (including phenoxy) is 1. The SMILES string of the molecule is COc1ccc(C(C)(C)CC#N)cc1C. The van der Waals surface area contributed by atoms with Gasteiger partial charge in [0, 0.05) is 11.8 Å². The number of hydrogen-bond donors (Lipinski definition) is 0. The molecule has 0 unspecified atom stereocenters. The highest BCUT2D eigenvalue weighted by Gasteiger charge is 2.20. The zero-order valence-corrected chi connectivity index (χ0v) is 9.79. The van der Waals surface area contributed by atoms with Gasteiger partial charge >= 0.3 is 0 Å². The molecule has 15 heavy (non-hydrogen) atoms. The Labute approximate surface area is 91.5 Å². The highest BCUT2D eigenvalue weighted by atomic mass is 16.5. The molecular weight excluding hydrogens is 186 g/mol. The lowest BCUT2D eigenvalue weighted by atomic mass is 9.81. The third-order valence-corrected chi connectivity index (χ3v) is 2.70. The van der Waals surface area contributed by atoms with Gasteiger partial charge in [-0.1, -0.05) is 26.0 Å². The molecule has 0 aliphatic heterocycles. The van der Waals surface area contributed by atoms with Gasteiger partial charge in [0.25, 0.3) is 0 Å². The minimum absolute atomic E-state index is 0.0915. The van der Waals surface area contributed by atoms with Crippen molar-refractivity contribution in [2.24, 2.45) is 0 Å². The molecule has 0 fully saturated rings. The standard InChI is InChI=1S/C13H17NO/c1-10-9-11(5-6-12(10)15-4)13(2,3)7-8-14/h5-6,9H,7H2,1-4H3. The van der Waals surface area contributed by atoms with E-state index in [0.29, 0.717) is 6.42 Å². The van der Waals surface area contributed by atoms with Crippen LogP contribution in [0.2, 0.25) is 0 Å². The predicted molar refractivity (Wildman–Crippen MR) is 61.0 cm³/mol. The summed E-state index contributed by atoms with van der Waals surface area (Å²) in [5.41, 5.74) is 2.20. The lowest BCUT2D eigenvalue weighted by molar-refractivity contribution is 0.411. The van der Waals surface area contributed by atoms with E-state index in [-0.39, 0.29) is 5.41 Å². The lowest BCUT2D eigenvalue weighted by Gasteiger charge is -2.22. The maximum Gasteiger partial charge on any atom is 0.121 e. The summed E-state index contributed by atoms with van der Waals surface area (Å²) >= 11 is 0. The van der Waals surface area contributed by atoms with Gasteiger partial charge in [0.1, 0.15) is 5.75 Å². The van der Waals surface area contributed by atoms with Crippen LogP contribution in [0.25, 0.3) is 0 Å². The third kappa shape index (κ3) is 2.50. The van der Waals surface area contributed by atoms with E-state index in [1.54, 1.807) is 7.11 Å². The third-order valence-electron chi connectivity index (χ3n) is 2.70. The largest absolute Gasteiger partial charge is 0.496 e. The van der Waals surface area contributed by atoms with Crippen molar-refractivity contribution >= 4 is 0 Å². The first-order chi connectivity index (χ1) is 7.01. The molecule has 0 spiro atoms. The smallest absolute Gasteiger partial charge is 0.121 e. The Morgan fingerprint density at radius 3 is 2.53 bits per heavy atom. The number of nitrogens with zero attached hydrogens (tertiary/aromatic N) is 1. The van der Waals surface area contributed by atoms with Crippen LogP contribution in [-0.2, 0) is 5.41 Å². The van der Waals surface area contributed by atoms with E-state index >= 15 is 0 Å². The summed E-state index contributed by atoms with van der Waals surface area (Å²) in [6, 6.07) is 8.31. The van der Waals surface area contributed by atoms with Gasteiger partial charge in [-0.3, -0.25) is 0 Å². The summed E-state index contributed by atoms with van der Waals surface area (Å²) < 4.78 is 5.21. The van der Waals surface area contributed by atoms with Crippen LogP contribution in [-0.4, -0.2) is 7.11 Å². The maximum absolute atomic E-state index is 8.76. The summed E-state index contributed by atoms with van der Waals surface area (Å²) in [6.07, 6.45) is 0.527. The number of nitriles is 1. The average Bonchev–Trinajstić information content (AvgIpc) is 2.17. The second-order valence-electron chi connectivity index (χ2n) is 4.40. The van der Waals surface area contributed by atoms with E-state index < -0.39 is 0 Å². The van der Waals surface area contributed by atoms with Crippen LogP contribution in [0.15, 0.2) is 18.2 Å². The molecule has 1 rings (SSSR count). The number of aryl methyl sites for hydroxylation is 1. The van der Waals surface area contributed by atoms with Gasteiger partial charge in [-0.15, -0.1) is 0 Å². The predicted octanol–water partition coefficient (Wildman–Crippen LogP) is 3.19. The maximum atomic E-state index is 8.76. The number of hydrogen-bond acceptors (Lipinski definition) is 2. The van der Waals surface area contributed by atoms with Crippen molar-refractivity contribution in [3.8, 4) is 11.8 Å². The molecule has 2 heteroatoms. The Kier molecular flexibility index (Phi) is 3.36. The monoisotopic (exact) mass is 203 g/mol. The van der Waals surface area contributed by atoms with Crippen LogP contribution in [0.4, 0.5) is 0 Å². The van der Waals surface area contributed by atoms with Gasteiger partial charge in [-0.05, 0) is 24.1 Å². The Morgan fingerprint density at radius 1 is 1.40 bits per heavy atom. The first kappa shape index (κ1) is 11.6. The molecular formula is C13H17NO. The highest BCUT2D eigenvalue weighted by molar-refractivity contribution is 5.39. The molecule has 0 N–H and O–H groups in total. The summed E-state index contributed by atoms with van der Waals surface area (Å²) in [4.78, 5) is 0. The van der Waals surface area contributed by atoms with E-state index in [2.05, 4.69) is 26.0 Å². The molecule has 0 aliphatic rings. The fraction of sp³-hybridized carbons (Fsp3) is 0.462. The molecule has 0 atom stereocenters. The number of methoxy groups -OCH3 is 1. The second kappa shape index (κ2) is 4.35. The van der Waals surface area contributed by atoms with Crippen molar-refractivity contribution in [2.75, 3.05) is 7.11 Å². The van der Waals surface area contributed by atoms with Crippen molar-refractivity contribution in [1.29, 1.82) is 5.26 Å². The number of rotatable bonds is 3. The van der Waals surface area contributed by atoms with Crippen molar-refractivity contribution in [3.63, 3.8) is 0 Å². The average molecular weight is 203 g/mol. The molecule has 80 valence electrons. The molecule has 0 radical (unpaired) electrons. The van der Waals surface area contributed by atoms with Gasteiger partial charge < -0.3 is 4.74 Å². The summed E-state index contributed by atoms with van der Waals surface area (Å²) in [5, 5.41) is 8.76. The fourth-order valence-electron chi connectivity index (χ4n) is 1.60. The Hall–Kier alpha value is -1.49. The van der Waals surface area contributed by atoms with Crippen molar-refractivity contribution in [3.05, 3.63) is 29.3 Å². The summed E-state index contributed by atoms with van der Waals surface area (Å²) in [7, 11) is 1.67. The van der Waals surface area contributed by atoms with Gasteiger partial charge in [-0.25, -0.2) is 0 Å². The Bertz CT molecular complexity index is 388. The van der Waals surface area contributed by atoms with Crippen LogP contribution >= 0.6 is 0 Å². The highest BCUT2D eigenvalue weighted by Crippen LogP contribution is 2.30. The van der Waals surface area contributed by atoms with Crippen molar-refractivity contribution in [1.82, 2.24) is 0 Å². The van der Waals surface area contributed by atoms with Crippen molar-refractivity contribution in [2.45, 2.75) is 32.6 Å². The second-order valence-corrected chi connectivity index (χ2v) is 4.40. The molecule has 0 bridgehead atoms. The van der Waals surface area contributed by atoms with Gasteiger partial charge in [0.2, 0.25) is 0 Å². The Balaban J connectivity index is 3.08. The molecule has 0 saturated carbocycles. The summed E-state index contributed by atoms with van der Waals surface area (Å²) in [6.45, 7) is 6.18. The van der Waals surface area contributed by atoms with Crippen LogP contribution in [0.5, 0.6) is 5.75 Å². The van der Waals surface area contributed by atoms with E-state index in [9.17, 15) is 0 Å². The van der Waals surface area contributed by atoms with Gasteiger partial charge in [0.15, 0.2) is 0 Å². The van der Waals surface area contributed by atoms with Crippen molar-refractivity contribution < 1.29 is 4.74 Å². The van der Waals surface area contributed by atoms with E-state index in [0.717, 1.165) is 11.3 Å². The topological polar surface area (TPSA) is 33.0 Å². The van der Waals surface area contributed by atoms with Crippen LogP contribution in [0.3, 0.4) is 0 Å². The van der Waals surface area contributed by atoms with E-state index in [4.69, 9.17) is 10.00 Å². The molecule has 2 nitrogen and oxygen atoms in total. The Morgan fingerprint density at radius 2 is 2.07 bits per heavy atom. The lowest BCUT2D eigenvalue weighted by Crippen LogP contribution is -2.16. The van der Waals surface area contributed by atoms with Crippen LogP contribution < -0.4 is 4.74 Å². The molecule has 0 heterocycles.